The Kier molecular flexibility index (Phi) is 3.33. The summed E-state index contributed by atoms with van der Waals surface area (Å²) in [5, 5.41) is 3.00. The molecule has 0 aliphatic heterocycles. The van der Waals surface area contributed by atoms with Crippen LogP contribution in [0, 0.1) is 0 Å². The summed E-state index contributed by atoms with van der Waals surface area (Å²) in [5.41, 5.74) is 0.917. The van der Waals surface area contributed by atoms with Gasteiger partial charge >= 0.3 is 0 Å². The first-order valence-electron chi connectivity index (χ1n) is 5.73. The molecule has 1 aromatic carbocycles. The van der Waals surface area contributed by atoms with Crippen molar-refractivity contribution in [3.05, 3.63) is 34.3 Å². The van der Waals surface area contributed by atoms with Crippen molar-refractivity contribution in [3.8, 4) is 0 Å². The molecule has 1 N–H and O–H groups in total. The highest BCUT2D eigenvalue weighted by molar-refractivity contribution is 9.10. The number of nitrogens with one attached hydrogen (secondary N) is 1. The molecule has 1 amide bonds. The van der Waals surface area contributed by atoms with Gasteiger partial charge in [0.1, 0.15) is 0 Å². The van der Waals surface area contributed by atoms with Gasteiger partial charge in [0.25, 0.3) is 0 Å². The Balaban J connectivity index is 2.13. The van der Waals surface area contributed by atoms with Gasteiger partial charge in [-0.05, 0) is 37.0 Å². The standard InChI is InChI=1S/C13H16BrNO/c1-2-9-15-12(16)13(7-8-13)10-3-5-11(14)6-4-10/h3-6H,2,7-9H2,1H3,(H,15,16). The molecule has 1 fully saturated rings. The Morgan fingerprint density at radius 1 is 1.38 bits per heavy atom. The maximum atomic E-state index is 12.0. The van der Waals surface area contributed by atoms with Crippen LogP contribution in [0.3, 0.4) is 0 Å². The molecular weight excluding hydrogens is 266 g/mol. The molecule has 86 valence electrons. The molecule has 0 heterocycles. The highest BCUT2D eigenvalue weighted by atomic mass is 79.9. The number of hydrogen-bond donors (Lipinski definition) is 1. The van der Waals surface area contributed by atoms with Crippen LogP contribution in [0.4, 0.5) is 0 Å². The van der Waals surface area contributed by atoms with Crippen molar-refractivity contribution >= 4 is 21.8 Å². The third-order valence-corrected chi connectivity index (χ3v) is 3.65. The van der Waals surface area contributed by atoms with Crippen molar-refractivity contribution in [1.82, 2.24) is 5.32 Å². The maximum absolute atomic E-state index is 12.0. The molecule has 2 nitrogen and oxygen atoms in total. The lowest BCUT2D eigenvalue weighted by Crippen LogP contribution is -2.35. The fraction of sp³-hybridized carbons (Fsp3) is 0.462. The summed E-state index contributed by atoms with van der Waals surface area (Å²) in [6.07, 6.45) is 2.94. The number of halogens is 1. The zero-order valence-electron chi connectivity index (χ0n) is 9.42. The lowest BCUT2D eigenvalue weighted by molar-refractivity contribution is -0.123. The first kappa shape index (κ1) is 11.6. The molecule has 1 aromatic rings. The van der Waals surface area contributed by atoms with Crippen LogP contribution in [-0.4, -0.2) is 12.5 Å². The van der Waals surface area contributed by atoms with Crippen LogP contribution in [0.5, 0.6) is 0 Å². The van der Waals surface area contributed by atoms with E-state index in [-0.39, 0.29) is 11.3 Å². The van der Waals surface area contributed by atoms with Gasteiger partial charge in [-0.1, -0.05) is 35.0 Å². The van der Waals surface area contributed by atoms with E-state index in [0.717, 1.165) is 35.8 Å². The predicted octanol–water partition coefficient (Wildman–Crippen LogP) is 3.01. The van der Waals surface area contributed by atoms with Crippen molar-refractivity contribution < 1.29 is 4.79 Å². The monoisotopic (exact) mass is 281 g/mol. The van der Waals surface area contributed by atoms with Gasteiger partial charge in [0, 0.05) is 11.0 Å². The minimum absolute atomic E-state index is 0.191. The average molecular weight is 282 g/mol. The molecule has 2 rings (SSSR count). The molecule has 0 aromatic heterocycles. The van der Waals surface area contributed by atoms with Crippen molar-refractivity contribution in [1.29, 1.82) is 0 Å². The molecular formula is C13H16BrNO. The fourth-order valence-corrected chi connectivity index (χ4v) is 2.21. The number of carbonyl (C=O) groups excluding carboxylic acids is 1. The van der Waals surface area contributed by atoms with E-state index in [4.69, 9.17) is 0 Å². The van der Waals surface area contributed by atoms with Crippen LogP contribution in [0.25, 0.3) is 0 Å². The average Bonchev–Trinajstić information content (AvgIpc) is 3.08. The molecule has 3 heteroatoms. The van der Waals surface area contributed by atoms with Gasteiger partial charge in [-0.3, -0.25) is 4.79 Å². The molecule has 0 unspecified atom stereocenters. The zero-order valence-corrected chi connectivity index (χ0v) is 11.0. The largest absolute Gasteiger partial charge is 0.355 e. The summed E-state index contributed by atoms with van der Waals surface area (Å²) in [7, 11) is 0. The quantitative estimate of drug-likeness (QED) is 0.903. The molecule has 1 aliphatic rings. The fourth-order valence-electron chi connectivity index (χ4n) is 1.95. The first-order chi connectivity index (χ1) is 7.69. The maximum Gasteiger partial charge on any atom is 0.230 e. The van der Waals surface area contributed by atoms with E-state index in [2.05, 4.69) is 28.2 Å². The van der Waals surface area contributed by atoms with E-state index >= 15 is 0 Å². The Hall–Kier alpha value is -0.830. The number of carbonyl (C=O) groups is 1. The van der Waals surface area contributed by atoms with Crippen molar-refractivity contribution in [3.63, 3.8) is 0 Å². The van der Waals surface area contributed by atoms with Gasteiger partial charge in [0.2, 0.25) is 5.91 Å². The van der Waals surface area contributed by atoms with Crippen LogP contribution in [0.1, 0.15) is 31.7 Å². The molecule has 0 spiro atoms. The molecule has 1 aliphatic carbocycles. The van der Waals surface area contributed by atoms with Crippen LogP contribution < -0.4 is 5.32 Å². The van der Waals surface area contributed by atoms with Crippen molar-refractivity contribution in [2.45, 2.75) is 31.6 Å². The lowest BCUT2D eigenvalue weighted by Gasteiger charge is -2.15. The third kappa shape index (κ3) is 2.14. The summed E-state index contributed by atoms with van der Waals surface area (Å²) in [4.78, 5) is 12.0. The van der Waals surface area contributed by atoms with Crippen molar-refractivity contribution in [2.24, 2.45) is 0 Å². The Morgan fingerprint density at radius 3 is 2.50 bits per heavy atom. The SMILES string of the molecule is CCCNC(=O)C1(c2ccc(Br)cc2)CC1. The summed E-state index contributed by atoms with van der Waals surface area (Å²) < 4.78 is 1.06. The second-order valence-corrected chi connectivity index (χ2v) is 5.26. The lowest BCUT2D eigenvalue weighted by atomic mass is 9.95. The Bertz CT molecular complexity index is 381. The van der Waals surface area contributed by atoms with Crippen LogP contribution in [0.15, 0.2) is 28.7 Å². The second kappa shape index (κ2) is 4.58. The first-order valence-corrected chi connectivity index (χ1v) is 6.53. The van der Waals surface area contributed by atoms with Crippen LogP contribution in [-0.2, 0) is 10.2 Å². The van der Waals surface area contributed by atoms with E-state index in [0.29, 0.717) is 0 Å². The predicted molar refractivity (Wildman–Crippen MR) is 68.4 cm³/mol. The normalized spacial score (nSPS) is 16.9. The van der Waals surface area contributed by atoms with Gasteiger partial charge in [-0.25, -0.2) is 0 Å². The van der Waals surface area contributed by atoms with E-state index in [9.17, 15) is 4.79 Å². The van der Waals surface area contributed by atoms with E-state index in [1.807, 2.05) is 24.3 Å². The van der Waals surface area contributed by atoms with Gasteiger partial charge in [-0.15, -0.1) is 0 Å². The summed E-state index contributed by atoms with van der Waals surface area (Å²) in [6, 6.07) is 8.09. The molecule has 1 saturated carbocycles. The molecule has 16 heavy (non-hydrogen) atoms. The van der Waals surface area contributed by atoms with Crippen LogP contribution >= 0.6 is 15.9 Å². The van der Waals surface area contributed by atoms with Gasteiger partial charge in [0.15, 0.2) is 0 Å². The minimum atomic E-state index is -0.226. The summed E-state index contributed by atoms with van der Waals surface area (Å²) >= 11 is 3.41. The number of hydrogen-bond acceptors (Lipinski definition) is 1. The van der Waals surface area contributed by atoms with Gasteiger partial charge < -0.3 is 5.32 Å². The molecule has 0 bridgehead atoms. The number of benzene rings is 1. The summed E-state index contributed by atoms with van der Waals surface area (Å²) in [6.45, 7) is 2.84. The highest BCUT2D eigenvalue weighted by Gasteiger charge is 2.50. The Morgan fingerprint density at radius 2 is 2.00 bits per heavy atom. The van der Waals surface area contributed by atoms with Crippen molar-refractivity contribution in [2.75, 3.05) is 6.54 Å². The van der Waals surface area contributed by atoms with Gasteiger partial charge in [-0.2, -0.15) is 0 Å². The highest BCUT2D eigenvalue weighted by Crippen LogP contribution is 2.48. The summed E-state index contributed by atoms with van der Waals surface area (Å²) in [5.74, 6) is 0.191. The third-order valence-electron chi connectivity index (χ3n) is 3.12. The Labute approximate surface area is 105 Å². The molecule has 0 radical (unpaired) electrons. The zero-order chi connectivity index (χ0) is 11.6. The number of amides is 1. The molecule has 0 saturated heterocycles. The minimum Gasteiger partial charge on any atom is -0.355 e. The van der Waals surface area contributed by atoms with E-state index in [1.165, 1.54) is 0 Å². The van der Waals surface area contributed by atoms with Gasteiger partial charge in [0.05, 0.1) is 5.41 Å². The number of rotatable bonds is 4. The topological polar surface area (TPSA) is 29.1 Å². The molecule has 0 atom stereocenters. The van der Waals surface area contributed by atoms with E-state index < -0.39 is 0 Å². The van der Waals surface area contributed by atoms with Crippen LogP contribution in [0.2, 0.25) is 0 Å². The second-order valence-electron chi connectivity index (χ2n) is 4.34. The van der Waals surface area contributed by atoms with E-state index in [1.54, 1.807) is 0 Å². The smallest absolute Gasteiger partial charge is 0.230 e.